The second kappa shape index (κ2) is 14.2. The van der Waals surface area contributed by atoms with Crippen molar-refractivity contribution in [2.24, 2.45) is 33.7 Å². The molecule has 206 valence electrons. The summed E-state index contributed by atoms with van der Waals surface area (Å²) in [7, 11) is 2.90. The van der Waals surface area contributed by atoms with E-state index in [1.165, 1.54) is 26.4 Å². The number of nitrogens with zero attached hydrogens (tertiary/aromatic N) is 2. The summed E-state index contributed by atoms with van der Waals surface area (Å²) in [4.78, 5) is 18.7. The van der Waals surface area contributed by atoms with E-state index in [2.05, 4.69) is 24.2 Å². The Balaban J connectivity index is 0.00000109. The molecular formula is C27H47FN4O4. The highest BCUT2D eigenvalue weighted by Gasteiger charge is 2.59. The molecule has 0 radical (unpaired) electrons. The van der Waals surface area contributed by atoms with Gasteiger partial charge in [0.15, 0.2) is 0 Å². The van der Waals surface area contributed by atoms with Crippen molar-refractivity contribution in [3.05, 3.63) is 24.7 Å². The highest BCUT2D eigenvalue weighted by Crippen LogP contribution is 2.63. The minimum absolute atomic E-state index is 0.0367. The van der Waals surface area contributed by atoms with Crippen LogP contribution in [0.3, 0.4) is 0 Å². The van der Waals surface area contributed by atoms with Gasteiger partial charge >= 0.3 is 6.09 Å². The number of carbonyl (C=O) groups is 1. The van der Waals surface area contributed by atoms with Crippen LogP contribution in [0.5, 0.6) is 0 Å². The highest BCUT2D eigenvalue weighted by atomic mass is 19.1. The number of allylic oxidation sites excluding steroid dienone is 2. The predicted molar refractivity (Wildman–Crippen MR) is 141 cm³/mol. The van der Waals surface area contributed by atoms with Gasteiger partial charge in [0.2, 0.25) is 0 Å². The smallest absolute Gasteiger partial charge is 0.410 e. The molecule has 0 spiro atoms. The molecule has 4 aliphatic rings. The van der Waals surface area contributed by atoms with E-state index in [0.29, 0.717) is 25.7 Å². The highest BCUT2D eigenvalue weighted by molar-refractivity contribution is 5.93. The Labute approximate surface area is 216 Å². The van der Waals surface area contributed by atoms with Gasteiger partial charge in [0.25, 0.3) is 0 Å². The number of halogens is 1. The number of rotatable bonds is 8. The summed E-state index contributed by atoms with van der Waals surface area (Å²) in [5, 5.41) is 0. The van der Waals surface area contributed by atoms with E-state index in [1.807, 2.05) is 13.8 Å². The molecule has 36 heavy (non-hydrogen) atoms. The Bertz CT molecular complexity index is 792. The van der Waals surface area contributed by atoms with E-state index in [0.717, 1.165) is 44.2 Å². The second-order valence-electron chi connectivity index (χ2n) is 9.62. The van der Waals surface area contributed by atoms with E-state index in [1.54, 1.807) is 4.90 Å². The Kier molecular flexibility index (Phi) is 12.0. The molecular weight excluding hydrogens is 463 g/mol. The first-order valence-corrected chi connectivity index (χ1v) is 13.4. The van der Waals surface area contributed by atoms with Crippen LogP contribution in [-0.4, -0.2) is 74.9 Å². The lowest BCUT2D eigenvalue weighted by atomic mass is 9.81. The standard InChI is InChI=1S/C24H36FN3O4.C2H6.CH5N/c1-4-6-21(27-11-16(25)5-2)24-8-7-17(9-15(24)10-24)32-14-20-22(26)18-12-31-13-19(18)28(20)23(29)30-3;2*1-2/h5,11,15,17-20,22H,2,4,6-10,12-14,26H2,1,3H3;1-2H3;2H2,1H3/b16-11+,27-21?;;. The van der Waals surface area contributed by atoms with Gasteiger partial charge in [-0.2, -0.15) is 0 Å². The summed E-state index contributed by atoms with van der Waals surface area (Å²) in [5.74, 6) is 0.248. The maximum atomic E-state index is 13.5. The summed E-state index contributed by atoms with van der Waals surface area (Å²) in [5.41, 5.74) is 12.2. The van der Waals surface area contributed by atoms with Crippen molar-refractivity contribution in [2.75, 3.05) is 34.0 Å². The van der Waals surface area contributed by atoms with E-state index in [-0.39, 0.29) is 41.7 Å². The summed E-state index contributed by atoms with van der Waals surface area (Å²) in [6.07, 6.45) is 8.13. The molecule has 7 atom stereocenters. The molecule has 0 aromatic carbocycles. The minimum Gasteiger partial charge on any atom is -0.453 e. The van der Waals surface area contributed by atoms with E-state index >= 15 is 0 Å². The number of ether oxygens (including phenoxy) is 3. The summed E-state index contributed by atoms with van der Waals surface area (Å²) in [6, 6.07) is -0.415. The molecule has 0 aromatic heterocycles. The van der Waals surface area contributed by atoms with Gasteiger partial charge in [-0.15, -0.1) is 0 Å². The van der Waals surface area contributed by atoms with Gasteiger partial charge in [-0.05, 0) is 51.1 Å². The first-order chi connectivity index (χ1) is 17.4. The van der Waals surface area contributed by atoms with Crippen LogP contribution in [0.15, 0.2) is 29.7 Å². The molecule has 2 heterocycles. The van der Waals surface area contributed by atoms with Crippen molar-refractivity contribution in [1.29, 1.82) is 0 Å². The van der Waals surface area contributed by atoms with E-state index < -0.39 is 5.83 Å². The number of hydrogen-bond donors (Lipinski definition) is 2. The number of aliphatic imine (C=N–C) groups is 1. The molecule has 2 aliphatic carbocycles. The Morgan fingerprint density at radius 3 is 2.67 bits per heavy atom. The van der Waals surface area contributed by atoms with Crippen LogP contribution in [0.25, 0.3) is 0 Å². The predicted octanol–water partition coefficient (Wildman–Crippen LogP) is 4.19. The molecule has 8 nitrogen and oxygen atoms in total. The molecule has 0 bridgehead atoms. The molecule has 7 unspecified atom stereocenters. The van der Waals surface area contributed by atoms with Gasteiger partial charge in [-0.3, -0.25) is 9.89 Å². The molecule has 9 heteroatoms. The average molecular weight is 511 g/mol. The van der Waals surface area contributed by atoms with E-state index in [9.17, 15) is 9.18 Å². The molecule has 0 aromatic rings. The third kappa shape index (κ3) is 6.36. The van der Waals surface area contributed by atoms with Gasteiger partial charge in [0, 0.05) is 23.1 Å². The number of fused-ring (bicyclic) bond motifs is 2. The molecule has 1 amide bonds. The molecule has 4 N–H and O–H groups in total. The number of amides is 1. The number of likely N-dealkylation sites (tertiary alicyclic amines) is 1. The fourth-order valence-corrected chi connectivity index (χ4v) is 6.10. The maximum Gasteiger partial charge on any atom is 0.410 e. The van der Waals surface area contributed by atoms with Crippen LogP contribution in [0.1, 0.15) is 59.3 Å². The fraction of sp³-hybridized carbons (Fsp3) is 0.778. The lowest BCUT2D eigenvalue weighted by Crippen LogP contribution is -2.49. The zero-order valence-corrected chi connectivity index (χ0v) is 22.7. The van der Waals surface area contributed by atoms with Crippen molar-refractivity contribution < 1.29 is 23.4 Å². The normalized spacial score (nSPS) is 34.9. The fourth-order valence-electron chi connectivity index (χ4n) is 6.10. The topological polar surface area (TPSA) is 112 Å². The molecule has 2 aliphatic heterocycles. The quantitative estimate of drug-likeness (QED) is 0.374. The van der Waals surface area contributed by atoms with Gasteiger partial charge in [0.1, 0.15) is 5.83 Å². The molecule has 4 fully saturated rings. The van der Waals surface area contributed by atoms with Crippen LogP contribution in [-0.2, 0) is 14.2 Å². The minimum atomic E-state index is -0.401. The Morgan fingerprint density at radius 2 is 2.06 bits per heavy atom. The Morgan fingerprint density at radius 1 is 1.33 bits per heavy atom. The van der Waals surface area contributed by atoms with Crippen LogP contribution in [0.4, 0.5) is 9.18 Å². The maximum absolute atomic E-state index is 13.5. The number of carbonyl (C=O) groups excluding carboxylic acids is 1. The van der Waals surface area contributed by atoms with Crippen LogP contribution < -0.4 is 11.5 Å². The van der Waals surface area contributed by atoms with Gasteiger partial charge < -0.3 is 25.7 Å². The average Bonchev–Trinajstić information content (AvgIpc) is 3.34. The number of methoxy groups -OCH3 is 1. The molecule has 4 rings (SSSR count). The largest absolute Gasteiger partial charge is 0.453 e. The van der Waals surface area contributed by atoms with Gasteiger partial charge in [0.05, 0.1) is 51.3 Å². The first-order valence-electron chi connectivity index (χ1n) is 13.4. The number of nitrogens with two attached hydrogens (primary N) is 2. The van der Waals surface area contributed by atoms with Crippen molar-refractivity contribution >= 4 is 11.8 Å². The van der Waals surface area contributed by atoms with Crippen LogP contribution in [0, 0.1) is 17.3 Å². The lowest BCUT2D eigenvalue weighted by Gasteiger charge is -2.33. The third-order valence-corrected chi connectivity index (χ3v) is 7.93. The van der Waals surface area contributed by atoms with E-state index in [4.69, 9.17) is 19.9 Å². The molecule has 2 saturated heterocycles. The van der Waals surface area contributed by atoms with Crippen molar-refractivity contribution in [2.45, 2.75) is 83.5 Å². The zero-order chi connectivity index (χ0) is 26.9. The van der Waals surface area contributed by atoms with Crippen molar-refractivity contribution in [3.63, 3.8) is 0 Å². The second-order valence-corrected chi connectivity index (χ2v) is 9.62. The van der Waals surface area contributed by atoms with Crippen molar-refractivity contribution in [3.8, 4) is 0 Å². The summed E-state index contributed by atoms with van der Waals surface area (Å²) in [6.45, 7) is 11.1. The first kappa shape index (κ1) is 30.4. The summed E-state index contributed by atoms with van der Waals surface area (Å²) >= 11 is 0. The third-order valence-electron chi connectivity index (χ3n) is 7.93. The lowest BCUT2D eigenvalue weighted by molar-refractivity contribution is -0.0146. The van der Waals surface area contributed by atoms with Crippen LogP contribution >= 0.6 is 0 Å². The molecule has 2 saturated carbocycles. The van der Waals surface area contributed by atoms with Gasteiger partial charge in [-0.25, -0.2) is 9.18 Å². The van der Waals surface area contributed by atoms with Crippen molar-refractivity contribution in [1.82, 2.24) is 4.90 Å². The Hall–Kier alpha value is -1.81. The van der Waals surface area contributed by atoms with Gasteiger partial charge in [-0.1, -0.05) is 33.8 Å². The zero-order valence-electron chi connectivity index (χ0n) is 22.7. The summed E-state index contributed by atoms with van der Waals surface area (Å²) < 4.78 is 30.4. The SMILES string of the molecule is C=C/C(F)=C\N=C(CCC)C12CCC(OCC3C(N)C4COCC4N3C(=O)OC)CC1C2.CC.CN. The number of hydrogen-bond acceptors (Lipinski definition) is 7. The monoisotopic (exact) mass is 510 g/mol. The van der Waals surface area contributed by atoms with Crippen LogP contribution in [0.2, 0.25) is 0 Å².